The molecule has 0 spiro atoms. The summed E-state index contributed by atoms with van der Waals surface area (Å²) in [4.78, 5) is 12.3. The molecule has 112 valence electrons. The van der Waals surface area contributed by atoms with Crippen LogP contribution in [0.15, 0.2) is 24.3 Å². The molecule has 1 unspecified atom stereocenters. The summed E-state index contributed by atoms with van der Waals surface area (Å²) in [6.45, 7) is 5.00. The van der Waals surface area contributed by atoms with Gasteiger partial charge in [0.25, 0.3) is 5.91 Å². The molecule has 0 radical (unpaired) electrons. The van der Waals surface area contributed by atoms with E-state index < -0.39 is 0 Å². The fraction of sp³-hybridized carbons (Fsp3) is 0.533. The first-order valence-electron chi connectivity index (χ1n) is 6.84. The largest absolute Gasteiger partial charge is 0.494 e. The highest BCUT2D eigenvalue weighted by atomic mass is 35.5. The second kappa shape index (κ2) is 6.95. The summed E-state index contributed by atoms with van der Waals surface area (Å²) in [5.41, 5.74) is 6.14. The molecular weight excluding hydrogens is 276 g/mol. The highest BCUT2D eigenvalue weighted by Crippen LogP contribution is 2.39. The third-order valence-corrected chi connectivity index (χ3v) is 3.71. The first-order chi connectivity index (χ1) is 9.09. The monoisotopic (exact) mass is 298 g/mol. The van der Waals surface area contributed by atoms with Gasteiger partial charge >= 0.3 is 0 Å². The number of nitrogens with two attached hydrogens (primary N) is 1. The highest BCUT2D eigenvalue weighted by Gasteiger charge is 2.41. The minimum Gasteiger partial charge on any atom is -0.494 e. The Balaban J connectivity index is 0.00000200. The quantitative estimate of drug-likeness (QED) is 0.847. The van der Waals surface area contributed by atoms with Crippen LogP contribution in [-0.4, -0.2) is 24.6 Å². The molecule has 0 aromatic heterocycles. The Morgan fingerprint density at radius 2 is 2.20 bits per heavy atom. The topological polar surface area (TPSA) is 64.3 Å². The van der Waals surface area contributed by atoms with Gasteiger partial charge in [-0.1, -0.05) is 6.07 Å². The van der Waals surface area contributed by atoms with Crippen LogP contribution in [-0.2, 0) is 0 Å². The van der Waals surface area contributed by atoms with E-state index in [4.69, 9.17) is 10.5 Å². The third kappa shape index (κ3) is 3.87. The number of rotatable bonds is 6. The van der Waals surface area contributed by atoms with Crippen molar-refractivity contribution in [2.24, 2.45) is 11.7 Å². The van der Waals surface area contributed by atoms with E-state index in [9.17, 15) is 4.79 Å². The SMILES string of the molecule is CCOc1cccc(C(=O)NC(C)(CN)C2CC2)c1.Cl. The van der Waals surface area contributed by atoms with Crippen molar-refractivity contribution in [1.82, 2.24) is 5.32 Å². The fourth-order valence-corrected chi connectivity index (χ4v) is 2.27. The summed E-state index contributed by atoms with van der Waals surface area (Å²) >= 11 is 0. The maximum atomic E-state index is 12.3. The second-order valence-electron chi connectivity index (χ2n) is 5.31. The molecule has 0 heterocycles. The van der Waals surface area contributed by atoms with Crippen LogP contribution in [0.1, 0.15) is 37.0 Å². The minimum atomic E-state index is -0.293. The van der Waals surface area contributed by atoms with Crippen molar-refractivity contribution in [2.75, 3.05) is 13.2 Å². The van der Waals surface area contributed by atoms with Crippen LogP contribution in [0.4, 0.5) is 0 Å². The molecule has 0 aliphatic heterocycles. The summed E-state index contributed by atoms with van der Waals surface area (Å²) in [5, 5.41) is 3.07. The lowest BCUT2D eigenvalue weighted by atomic mass is 9.95. The van der Waals surface area contributed by atoms with Gasteiger partial charge in [-0.05, 0) is 50.8 Å². The Kier molecular flexibility index (Phi) is 5.84. The fourth-order valence-electron chi connectivity index (χ4n) is 2.27. The highest BCUT2D eigenvalue weighted by molar-refractivity contribution is 5.95. The van der Waals surface area contributed by atoms with Crippen molar-refractivity contribution in [3.05, 3.63) is 29.8 Å². The molecule has 3 N–H and O–H groups in total. The Morgan fingerprint density at radius 3 is 2.75 bits per heavy atom. The number of amides is 1. The average molecular weight is 299 g/mol. The van der Waals surface area contributed by atoms with Crippen LogP contribution in [0.5, 0.6) is 5.75 Å². The van der Waals surface area contributed by atoms with E-state index in [-0.39, 0.29) is 23.9 Å². The lowest BCUT2D eigenvalue weighted by molar-refractivity contribution is 0.0897. The van der Waals surface area contributed by atoms with Crippen molar-refractivity contribution < 1.29 is 9.53 Å². The number of ether oxygens (including phenoxy) is 1. The summed E-state index contributed by atoms with van der Waals surface area (Å²) in [6.07, 6.45) is 2.29. The van der Waals surface area contributed by atoms with Crippen LogP contribution < -0.4 is 15.8 Å². The van der Waals surface area contributed by atoms with Crippen molar-refractivity contribution in [3.63, 3.8) is 0 Å². The van der Waals surface area contributed by atoms with Crippen molar-refractivity contribution in [3.8, 4) is 5.75 Å². The minimum absolute atomic E-state index is 0. The van der Waals surface area contributed by atoms with E-state index in [2.05, 4.69) is 5.32 Å². The van der Waals surface area contributed by atoms with Crippen LogP contribution >= 0.6 is 12.4 Å². The van der Waals surface area contributed by atoms with Crippen LogP contribution in [0.25, 0.3) is 0 Å². The molecule has 1 aromatic rings. The van der Waals surface area contributed by atoms with Gasteiger partial charge < -0.3 is 15.8 Å². The lowest BCUT2D eigenvalue weighted by Gasteiger charge is -2.29. The standard InChI is InChI=1S/C15H22N2O2.ClH/c1-3-19-13-6-4-5-11(9-13)14(18)17-15(2,10-16)12-7-8-12;/h4-6,9,12H,3,7-8,10,16H2,1-2H3,(H,17,18);1H. The normalized spacial score (nSPS) is 16.8. The van der Waals surface area contributed by atoms with Crippen molar-refractivity contribution >= 4 is 18.3 Å². The molecule has 1 aliphatic carbocycles. The Bertz CT molecular complexity index is 463. The molecule has 5 heteroatoms. The predicted octanol–water partition coefficient (Wildman–Crippen LogP) is 2.36. The number of benzene rings is 1. The molecule has 20 heavy (non-hydrogen) atoms. The summed E-state index contributed by atoms with van der Waals surface area (Å²) < 4.78 is 5.41. The first kappa shape index (κ1) is 16.8. The number of hydrogen-bond donors (Lipinski definition) is 2. The van der Waals surface area contributed by atoms with Gasteiger partial charge in [0.15, 0.2) is 0 Å². The van der Waals surface area contributed by atoms with Gasteiger partial charge in [0.1, 0.15) is 5.75 Å². The summed E-state index contributed by atoms with van der Waals surface area (Å²) in [5.74, 6) is 1.15. The molecule has 1 atom stereocenters. The summed E-state index contributed by atoms with van der Waals surface area (Å²) in [7, 11) is 0. The zero-order valence-corrected chi connectivity index (χ0v) is 12.8. The van der Waals surface area contributed by atoms with Crippen LogP contribution in [0.3, 0.4) is 0 Å². The van der Waals surface area contributed by atoms with Crippen molar-refractivity contribution in [1.29, 1.82) is 0 Å². The van der Waals surface area contributed by atoms with Gasteiger partial charge in [0.2, 0.25) is 0 Å². The molecule has 1 aliphatic rings. The van der Waals surface area contributed by atoms with Gasteiger partial charge in [0.05, 0.1) is 12.1 Å². The number of halogens is 1. The van der Waals surface area contributed by atoms with E-state index in [1.54, 1.807) is 12.1 Å². The van der Waals surface area contributed by atoms with Gasteiger partial charge in [-0.25, -0.2) is 0 Å². The smallest absolute Gasteiger partial charge is 0.251 e. The van der Waals surface area contributed by atoms with E-state index >= 15 is 0 Å². The molecule has 1 amide bonds. The predicted molar refractivity (Wildman–Crippen MR) is 82.5 cm³/mol. The Hall–Kier alpha value is -1.26. The Labute approximate surface area is 126 Å². The first-order valence-corrected chi connectivity index (χ1v) is 6.84. The van der Waals surface area contributed by atoms with Gasteiger partial charge in [0, 0.05) is 12.1 Å². The molecule has 1 saturated carbocycles. The second-order valence-corrected chi connectivity index (χ2v) is 5.31. The molecule has 1 fully saturated rings. The molecular formula is C15H23ClN2O2. The maximum absolute atomic E-state index is 12.3. The van der Waals surface area contributed by atoms with Crippen LogP contribution in [0.2, 0.25) is 0 Å². The zero-order chi connectivity index (χ0) is 13.9. The van der Waals surface area contributed by atoms with Gasteiger partial charge in [-0.15, -0.1) is 12.4 Å². The number of carbonyl (C=O) groups excluding carboxylic acids is 1. The van der Waals surface area contributed by atoms with Crippen LogP contribution in [0, 0.1) is 5.92 Å². The lowest BCUT2D eigenvalue weighted by Crippen LogP contribution is -2.53. The third-order valence-electron chi connectivity index (χ3n) is 3.71. The van der Waals surface area contributed by atoms with E-state index in [1.807, 2.05) is 26.0 Å². The molecule has 2 rings (SSSR count). The average Bonchev–Trinajstić information content (AvgIpc) is 3.24. The molecule has 1 aromatic carbocycles. The van der Waals surface area contributed by atoms with Gasteiger partial charge in [-0.2, -0.15) is 0 Å². The zero-order valence-electron chi connectivity index (χ0n) is 12.0. The maximum Gasteiger partial charge on any atom is 0.251 e. The van der Waals surface area contributed by atoms with E-state index in [0.29, 0.717) is 24.6 Å². The molecule has 0 bridgehead atoms. The van der Waals surface area contributed by atoms with Gasteiger partial charge in [-0.3, -0.25) is 4.79 Å². The number of nitrogens with one attached hydrogen (secondary N) is 1. The molecule has 0 saturated heterocycles. The number of carbonyl (C=O) groups is 1. The Morgan fingerprint density at radius 1 is 1.50 bits per heavy atom. The van der Waals surface area contributed by atoms with E-state index in [0.717, 1.165) is 18.6 Å². The van der Waals surface area contributed by atoms with Crippen molar-refractivity contribution in [2.45, 2.75) is 32.2 Å². The molecule has 4 nitrogen and oxygen atoms in total. The van der Waals surface area contributed by atoms with E-state index in [1.165, 1.54) is 0 Å². The number of hydrogen-bond acceptors (Lipinski definition) is 3. The summed E-state index contributed by atoms with van der Waals surface area (Å²) in [6, 6.07) is 7.24.